The SMILES string of the molecule is COCC(CNC1CS(=O)(=O)CC1O)OC. The Kier molecular flexibility index (Phi) is 5.13. The molecule has 1 saturated heterocycles. The van der Waals surface area contributed by atoms with E-state index in [0.717, 1.165) is 0 Å². The number of hydrogen-bond donors (Lipinski definition) is 2. The van der Waals surface area contributed by atoms with Crippen molar-refractivity contribution in [3.63, 3.8) is 0 Å². The lowest BCUT2D eigenvalue weighted by Gasteiger charge is -2.19. The maximum Gasteiger partial charge on any atom is 0.154 e. The lowest BCUT2D eigenvalue weighted by molar-refractivity contribution is 0.0249. The van der Waals surface area contributed by atoms with Crippen LogP contribution in [0.5, 0.6) is 0 Å². The Bertz CT molecular complexity index is 305. The molecule has 16 heavy (non-hydrogen) atoms. The summed E-state index contributed by atoms with van der Waals surface area (Å²) in [5, 5.41) is 12.5. The molecule has 0 radical (unpaired) electrons. The number of sulfone groups is 1. The van der Waals surface area contributed by atoms with Crippen LogP contribution < -0.4 is 5.32 Å². The number of methoxy groups -OCH3 is 2. The zero-order valence-electron chi connectivity index (χ0n) is 9.55. The lowest BCUT2D eigenvalue weighted by Crippen LogP contribution is -2.44. The number of aliphatic hydroxyl groups excluding tert-OH is 1. The molecule has 0 spiro atoms. The molecule has 6 nitrogen and oxygen atoms in total. The molecule has 96 valence electrons. The van der Waals surface area contributed by atoms with Crippen LogP contribution in [-0.4, -0.2) is 70.7 Å². The molecule has 0 aromatic carbocycles. The Balaban J connectivity index is 2.38. The number of rotatable bonds is 6. The van der Waals surface area contributed by atoms with Crippen LogP contribution in [0.25, 0.3) is 0 Å². The summed E-state index contributed by atoms with van der Waals surface area (Å²) in [6, 6.07) is -0.403. The number of hydrogen-bond acceptors (Lipinski definition) is 6. The van der Waals surface area contributed by atoms with Crippen molar-refractivity contribution in [1.82, 2.24) is 5.32 Å². The summed E-state index contributed by atoms with van der Waals surface area (Å²) in [6.45, 7) is 0.890. The fraction of sp³-hybridized carbons (Fsp3) is 1.00. The summed E-state index contributed by atoms with van der Waals surface area (Å²) in [5.41, 5.74) is 0. The molecule has 2 N–H and O–H groups in total. The second-order valence-electron chi connectivity index (χ2n) is 3.97. The van der Waals surface area contributed by atoms with Crippen LogP contribution in [0.2, 0.25) is 0 Å². The van der Waals surface area contributed by atoms with Crippen molar-refractivity contribution in [3.05, 3.63) is 0 Å². The average Bonchev–Trinajstić information content (AvgIpc) is 2.46. The second kappa shape index (κ2) is 5.92. The summed E-state index contributed by atoms with van der Waals surface area (Å²) in [6.07, 6.45) is -0.967. The first-order chi connectivity index (χ1) is 7.48. The molecular weight excluding hydrogens is 234 g/mol. The van der Waals surface area contributed by atoms with Crippen LogP contribution in [0.3, 0.4) is 0 Å². The molecule has 1 aliphatic heterocycles. The van der Waals surface area contributed by atoms with Gasteiger partial charge in [0.05, 0.1) is 30.3 Å². The highest BCUT2D eigenvalue weighted by atomic mass is 32.2. The smallest absolute Gasteiger partial charge is 0.154 e. The Labute approximate surface area is 95.8 Å². The second-order valence-corrected chi connectivity index (χ2v) is 6.13. The van der Waals surface area contributed by atoms with E-state index >= 15 is 0 Å². The van der Waals surface area contributed by atoms with E-state index in [1.54, 1.807) is 14.2 Å². The fourth-order valence-corrected chi connectivity index (χ4v) is 3.48. The Morgan fingerprint density at radius 3 is 2.56 bits per heavy atom. The Hall–Kier alpha value is -0.210. The van der Waals surface area contributed by atoms with Gasteiger partial charge in [-0.15, -0.1) is 0 Å². The highest BCUT2D eigenvalue weighted by molar-refractivity contribution is 7.91. The van der Waals surface area contributed by atoms with E-state index in [9.17, 15) is 13.5 Å². The summed E-state index contributed by atoms with van der Waals surface area (Å²) in [5.74, 6) is -0.176. The van der Waals surface area contributed by atoms with Crippen molar-refractivity contribution in [2.45, 2.75) is 18.2 Å². The van der Waals surface area contributed by atoms with Gasteiger partial charge in [0.2, 0.25) is 0 Å². The molecule has 0 saturated carbocycles. The largest absolute Gasteiger partial charge is 0.390 e. The molecule has 0 amide bonds. The van der Waals surface area contributed by atoms with Crippen molar-refractivity contribution in [2.75, 3.05) is 38.9 Å². The van der Waals surface area contributed by atoms with E-state index in [0.29, 0.717) is 13.2 Å². The van der Waals surface area contributed by atoms with E-state index in [2.05, 4.69) is 5.32 Å². The molecule has 3 atom stereocenters. The van der Waals surface area contributed by atoms with Crippen LogP contribution in [0.4, 0.5) is 0 Å². The molecule has 1 aliphatic rings. The van der Waals surface area contributed by atoms with E-state index in [4.69, 9.17) is 9.47 Å². The van der Waals surface area contributed by atoms with Crippen LogP contribution in [0, 0.1) is 0 Å². The van der Waals surface area contributed by atoms with Crippen LogP contribution in [-0.2, 0) is 19.3 Å². The van der Waals surface area contributed by atoms with Gasteiger partial charge in [0.25, 0.3) is 0 Å². The molecule has 0 aromatic heterocycles. The minimum absolute atomic E-state index is 0.0163. The molecule has 1 rings (SSSR count). The van der Waals surface area contributed by atoms with Crippen LogP contribution in [0.15, 0.2) is 0 Å². The summed E-state index contributed by atoms with van der Waals surface area (Å²) in [4.78, 5) is 0. The van der Waals surface area contributed by atoms with Gasteiger partial charge in [-0.2, -0.15) is 0 Å². The van der Waals surface area contributed by atoms with E-state index in [1.807, 2.05) is 0 Å². The molecule has 1 heterocycles. The molecule has 3 unspecified atom stereocenters. The predicted molar refractivity (Wildman–Crippen MR) is 59.1 cm³/mol. The third-order valence-electron chi connectivity index (χ3n) is 2.62. The zero-order valence-corrected chi connectivity index (χ0v) is 10.4. The van der Waals surface area contributed by atoms with Gasteiger partial charge < -0.3 is 19.9 Å². The molecular formula is C9H19NO5S. The maximum atomic E-state index is 11.2. The first-order valence-corrected chi connectivity index (χ1v) is 6.94. The van der Waals surface area contributed by atoms with Crippen molar-refractivity contribution < 1.29 is 23.0 Å². The molecule has 0 aromatic rings. The van der Waals surface area contributed by atoms with Gasteiger partial charge in [0.1, 0.15) is 0 Å². The van der Waals surface area contributed by atoms with E-state index < -0.39 is 22.0 Å². The van der Waals surface area contributed by atoms with Crippen molar-refractivity contribution in [1.29, 1.82) is 0 Å². The maximum absolute atomic E-state index is 11.2. The minimum Gasteiger partial charge on any atom is -0.390 e. The van der Waals surface area contributed by atoms with Gasteiger partial charge in [-0.05, 0) is 0 Å². The van der Waals surface area contributed by atoms with Gasteiger partial charge in [0, 0.05) is 26.8 Å². The number of nitrogens with one attached hydrogen (secondary N) is 1. The molecule has 7 heteroatoms. The monoisotopic (exact) mass is 253 g/mol. The first kappa shape index (κ1) is 13.9. The van der Waals surface area contributed by atoms with Gasteiger partial charge in [0.15, 0.2) is 9.84 Å². The lowest BCUT2D eigenvalue weighted by atomic mass is 10.2. The van der Waals surface area contributed by atoms with Crippen molar-refractivity contribution in [3.8, 4) is 0 Å². The summed E-state index contributed by atoms with van der Waals surface area (Å²) in [7, 11) is 0.0369. The summed E-state index contributed by atoms with van der Waals surface area (Å²) < 4.78 is 32.5. The normalized spacial score (nSPS) is 30.4. The predicted octanol–water partition coefficient (Wildman–Crippen LogP) is -1.60. The third-order valence-corrected chi connectivity index (χ3v) is 4.33. The Morgan fingerprint density at radius 2 is 2.12 bits per heavy atom. The highest BCUT2D eigenvalue weighted by Gasteiger charge is 2.36. The first-order valence-electron chi connectivity index (χ1n) is 5.12. The van der Waals surface area contributed by atoms with Crippen molar-refractivity contribution >= 4 is 9.84 Å². The van der Waals surface area contributed by atoms with Crippen LogP contribution >= 0.6 is 0 Å². The van der Waals surface area contributed by atoms with Crippen molar-refractivity contribution in [2.24, 2.45) is 0 Å². The molecule has 0 bridgehead atoms. The van der Waals surface area contributed by atoms with Gasteiger partial charge in [-0.25, -0.2) is 8.42 Å². The topological polar surface area (TPSA) is 84.9 Å². The fourth-order valence-electron chi connectivity index (χ4n) is 1.70. The number of ether oxygens (including phenoxy) is 2. The quantitative estimate of drug-likeness (QED) is 0.593. The standard InChI is InChI=1S/C9H19NO5S/c1-14-4-7(15-2)3-10-8-5-16(12,13)6-9(8)11/h7-11H,3-6H2,1-2H3. The summed E-state index contributed by atoms with van der Waals surface area (Å²) >= 11 is 0. The molecule has 0 aliphatic carbocycles. The number of aliphatic hydroxyl groups is 1. The molecule has 1 fully saturated rings. The highest BCUT2D eigenvalue weighted by Crippen LogP contribution is 2.12. The van der Waals surface area contributed by atoms with Gasteiger partial charge in [-0.1, -0.05) is 0 Å². The third kappa shape index (κ3) is 3.99. The van der Waals surface area contributed by atoms with E-state index in [-0.39, 0.29) is 17.6 Å². The van der Waals surface area contributed by atoms with Gasteiger partial charge >= 0.3 is 0 Å². The Morgan fingerprint density at radius 1 is 1.44 bits per heavy atom. The zero-order chi connectivity index (χ0) is 12.2. The average molecular weight is 253 g/mol. The van der Waals surface area contributed by atoms with E-state index in [1.165, 1.54) is 0 Å². The van der Waals surface area contributed by atoms with Gasteiger partial charge in [-0.3, -0.25) is 0 Å². The minimum atomic E-state index is -3.10. The van der Waals surface area contributed by atoms with Crippen LogP contribution in [0.1, 0.15) is 0 Å².